The minimum Gasteiger partial charge on any atom is -0.465 e. The average molecular weight is 407 g/mol. The Labute approximate surface area is 163 Å². The molecular weight excluding hydrogens is 390 g/mol. The third kappa shape index (κ3) is 3.51. The molecule has 1 aliphatic rings. The van der Waals surface area contributed by atoms with E-state index < -0.39 is 42.8 Å². The van der Waals surface area contributed by atoms with Crippen molar-refractivity contribution in [2.45, 2.75) is 30.8 Å². The van der Waals surface area contributed by atoms with Crippen LogP contribution in [0.2, 0.25) is 0 Å². The predicted molar refractivity (Wildman–Crippen MR) is 91.8 cm³/mol. The number of anilines is 1. The van der Waals surface area contributed by atoms with E-state index in [1.807, 2.05) is 6.07 Å². The normalized spacial score (nSPS) is 26.1. The van der Waals surface area contributed by atoms with E-state index in [0.717, 1.165) is 10.8 Å². The van der Waals surface area contributed by atoms with Crippen molar-refractivity contribution < 1.29 is 39.1 Å². The van der Waals surface area contributed by atoms with Gasteiger partial charge >= 0.3 is 12.2 Å². The minimum atomic E-state index is -2.07. The number of fused-ring (bicyclic) bond motifs is 1. The third-order valence-electron chi connectivity index (χ3n) is 4.31. The van der Waals surface area contributed by atoms with E-state index in [2.05, 4.69) is 20.1 Å². The number of aliphatic hydroxyl groups is 2. The van der Waals surface area contributed by atoms with Crippen molar-refractivity contribution in [2.24, 2.45) is 0 Å². The molecule has 1 aliphatic heterocycles. The number of aromatic nitrogens is 3. The van der Waals surface area contributed by atoms with Crippen LogP contribution < -0.4 is 5.32 Å². The smallest absolute Gasteiger partial charge is 0.465 e. The van der Waals surface area contributed by atoms with E-state index in [1.54, 1.807) is 6.92 Å². The Morgan fingerprint density at radius 2 is 2.17 bits per heavy atom. The van der Waals surface area contributed by atoms with Gasteiger partial charge in [0.2, 0.25) is 5.60 Å². The van der Waals surface area contributed by atoms with Gasteiger partial charge in [0.25, 0.3) is 0 Å². The molecule has 0 aliphatic carbocycles. The molecule has 29 heavy (non-hydrogen) atoms. The number of nitrogens with zero attached hydrogens (tertiary/aromatic N) is 4. The molecule has 3 heterocycles. The number of amides is 1. The molecule has 0 aromatic carbocycles. The first-order valence-electron chi connectivity index (χ1n) is 8.42. The number of carbonyl (C=O) groups is 2. The summed E-state index contributed by atoms with van der Waals surface area (Å²) in [6.45, 7) is 1.20. The Balaban J connectivity index is 1.95. The molecule has 4 atom stereocenters. The van der Waals surface area contributed by atoms with Crippen molar-refractivity contribution >= 4 is 23.6 Å². The number of nitriles is 1. The first-order valence-corrected chi connectivity index (χ1v) is 8.42. The maximum Gasteiger partial charge on any atom is 0.508 e. The SMILES string of the molecule is CCOC(=O)OC[C@H]1O[C@@](C#N)(c2ccc3c(NC(=O)O)ncnn23)[C@H](O)[C@@H]1O. The molecule has 0 unspecified atom stereocenters. The van der Waals surface area contributed by atoms with E-state index in [9.17, 15) is 25.1 Å². The van der Waals surface area contributed by atoms with Gasteiger partial charge in [-0.1, -0.05) is 0 Å². The van der Waals surface area contributed by atoms with E-state index >= 15 is 0 Å². The maximum absolute atomic E-state index is 11.4. The molecule has 1 fully saturated rings. The summed E-state index contributed by atoms with van der Waals surface area (Å²) in [5, 5.41) is 45.6. The number of rotatable bonds is 5. The number of hydrogen-bond donors (Lipinski definition) is 4. The van der Waals surface area contributed by atoms with Crippen LogP contribution in [0.15, 0.2) is 18.5 Å². The fourth-order valence-electron chi connectivity index (χ4n) is 3.04. The zero-order valence-electron chi connectivity index (χ0n) is 15.1. The van der Waals surface area contributed by atoms with Crippen molar-refractivity contribution in [1.82, 2.24) is 14.6 Å². The van der Waals surface area contributed by atoms with Gasteiger partial charge in [-0.15, -0.1) is 0 Å². The van der Waals surface area contributed by atoms with Crippen molar-refractivity contribution in [3.05, 3.63) is 24.2 Å². The first kappa shape index (κ1) is 20.3. The topological polar surface area (TPSA) is 189 Å². The largest absolute Gasteiger partial charge is 0.508 e. The summed E-state index contributed by atoms with van der Waals surface area (Å²) >= 11 is 0. The van der Waals surface area contributed by atoms with Crippen LogP contribution in [0.3, 0.4) is 0 Å². The molecule has 1 amide bonds. The highest BCUT2D eigenvalue weighted by Crippen LogP contribution is 2.40. The van der Waals surface area contributed by atoms with Crippen LogP contribution in [0.5, 0.6) is 0 Å². The van der Waals surface area contributed by atoms with Gasteiger partial charge in [-0.25, -0.2) is 19.1 Å². The summed E-state index contributed by atoms with van der Waals surface area (Å²) in [7, 11) is 0. The molecule has 4 N–H and O–H groups in total. The summed E-state index contributed by atoms with van der Waals surface area (Å²) < 4.78 is 16.2. The number of aliphatic hydroxyl groups excluding tert-OH is 2. The summed E-state index contributed by atoms with van der Waals surface area (Å²) in [6.07, 6.45) is -5.80. The van der Waals surface area contributed by atoms with Gasteiger partial charge in [0.05, 0.1) is 12.3 Å². The maximum atomic E-state index is 11.4. The molecule has 0 radical (unpaired) electrons. The summed E-state index contributed by atoms with van der Waals surface area (Å²) in [6, 6.07) is 4.63. The van der Waals surface area contributed by atoms with Crippen LogP contribution in [0.4, 0.5) is 15.4 Å². The van der Waals surface area contributed by atoms with Gasteiger partial charge in [0, 0.05) is 0 Å². The summed E-state index contributed by atoms with van der Waals surface area (Å²) in [5.41, 5.74) is -1.85. The number of nitrogens with one attached hydrogen (secondary N) is 1. The fraction of sp³-hybridized carbons (Fsp3) is 0.438. The van der Waals surface area contributed by atoms with Crippen LogP contribution in [-0.4, -0.2) is 73.7 Å². The quantitative estimate of drug-likeness (QED) is 0.482. The Bertz CT molecular complexity index is 972. The second-order valence-corrected chi connectivity index (χ2v) is 5.99. The second kappa shape index (κ2) is 7.87. The van der Waals surface area contributed by atoms with E-state index in [4.69, 9.17) is 14.6 Å². The zero-order valence-corrected chi connectivity index (χ0v) is 15.1. The lowest BCUT2D eigenvalue weighted by Crippen LogP contribution is -2.41. The van der Waals surface area contributed by atoms with Crippen molar-refractivity contribution in [2.75, 3.05) is 18.5 Å². The van der Waals surface area contributed by atoms with E-state index in [0.29, 0.717) is 0 Å². The highest BCUT2D eigenvalue weighted by molar-refractivity contribution is 5.87. The van der Waals surface area contributed by atoms with Crippen molar-refractivity contribution in [3.63, 3.8) is 0 Å². The Morgan fingerprint density at radius 1 is 1.41 bits per heavy atom. The molecule has 154 valence electrons. The molecule has 3 rings (SSSR count). The Hall–Kier alpha value is -3.47. The number of ether oxygens (including phenoxy) is 3. The molecular formula is C16H17N5O8. The van der Waals surface area contributed by atoms with E-state index in [-0.39, 0.29) is 23.6 Å². The second-order valence-electron chi connectivity index (χ2n) is 5.99. The molecule has 13 heteroatoms. The van der Waals surface area contributed by atoms with Gasteiger partial charge in [-0.05, 0) is 19.1 Å². The Morgan fingerprint density at radius 3 is 2.83 bits per heavy atom. The lowest BCUT2D eigenvalue weighted by atomic mass is 9.92. The lowest BCUT2D eigenvalue weighted by molar-refractivity contribution is -0.0717. The van der Waals surface area contributed by atoms with Gasteiger partial charge < -0.3 is 29.5 Å². The minimum absolute atomic E-state index is 0.0241. The van der Waals surface area contributed by atoms with Crippen LogP contribution in [0.1, 0.15) is 12.6 Å². The van der Waals surface area contributed by atoms with E-state index in [1.165, 1.54) is 12.1 Å². The monoisotopic (exact) mass is 407 g/mol. The number of carbonyl (C=O) groups excluding carboxylic acids is 1. The molecule has 2 aromatic rings. The van der Waals surface area contributed by atoms with Crippen LogP contribution >= 0.6 is 0 Å². The molecule has 1 saturated heterocycles. The fourth-order valence-corrected chi connectivity index (χ4v) is 3.04. The first-order chi connectivity index (χ1) is 13.8. The van der Waals surface area contributed by atoms with Crippen molar-refractivity contribution in [3.8, 4) is 6.07 Å². The molecule has 2 aromatic heterocycles. The third-order valence-corrected chi connectivity index (χ3v) is 4.31. The van der Waals surface area contributed by atoms with Gasteiger partial charge in [0.15, 0.2) is 5.82 Å². The number of carboxylic acid groups (broad SMARTS) is 1. The molecule has 0 bridgehead atoms. The van der Waals surface area contributed by atoms with Gasteiger partial charge in [0.1, 0.15) is 42.8 Å². The van der Waals surface area contributed by atoms with Crippen LogP contribution in [-0.2, 0) is 19.8 Å². The van der Waals surface area contributed by atoms with Crippen LogP contribution in [0, 0.1) is 11.3 Å². The predicted octanol–water partition coefficient (Wildman–Crippen LogP) is -0.168. The van der Waals surface area contributed by atoms with Crippen molar-refractivity contribution in [1.29, 1.82) is 5.26 Å². The molecule has 13 nitrogen and oxygen atoms in total. The van der Waals surface area contributed by atoms with Crippen LogP contribution in [0.25, 0.3) is 5.52 Å². The lowest BCUT2D eigenvalue weighted by Gasteiger charge is -2.24. The average Bonchev–Trinajstić information content (AvgIpc) is 3.22. The molecule has 0 saturated carbocycles. The summed E-state index contributed by atoms with van der Waals surface area (Å²) in [4.78, 5) is 26.1. The highest BCUT2D eigenvalue weighted by Gasteiger charge is 2.57. The zero-order chi connectivity index (χ0) is 21.2. The summed E-state index contributed by atoms with van der Waals surface area (Å²) in [5.74, 6) is -0.0536. The van der Waals surface area contributed by atoms with Gasteiger partial charge in [-0.3, -0.25) is 5.32 Å². The van der Waals surface area contributed by atoms with Gasteiger partial charge in [-0.2, -0.15) is 10.4 Å². The standard InChI is InChI=1S/C16H17N5O8/c1-2-27-15(26)28-5-9-11(22)12(23)16(6-17,29-9)10-4-3-8-13(20-14(24)25)18-7-19-21(8)10/h3-4,7,9,11-12,22-23H,2,5H2,1H3,(H,24,25)(H,18,19,20)/t9-,11-,12-,16+/m1/s1. The Kier molecular flexibility index (Phi) is 5.50. The number of hydrogen-bond acceptors (Lipinski definition) is 10. The molecule has 0 spiro atoms. The highest BCUT2D eigenvalue weighted by atomic mass is 16.7.